The molecular formula is C17H17F3N2O2S. The number of ether oxygens (including phenoxy) is 1. The van der Waals surface area contributed by atoms with E-state index in [4.69, 9.17) is 0 Å². The fraction of sp³-hybridized carbons (Fsp3) is 0.412. The van der Waals surface area contributed by atoms with Crippen molar-refractivity contribution in [3.05, 3.63) is 34.7 Å². The van der Waals surface area contributed by atoms with E-state index < -0.39 is 23.3 Å². The molecule has 134 valence electrons. The first-order valence-electron chi connectivity index (χ1n) is 7.90. The molecule has 4 nitrogen and oxygen atoms in total. The van der Waals surface area contributed by atoms with Gasteiger partial charge in [0.15, 0.2) is 5.13 Å². The Bertz CT molecular complexity index is 767. The first-order valence-corrected chi connectivity index (χ1v) is 8.78. The molecule has 2 heterocycles. The highest BCUT2D eigenvalue weighted by Crippen LogP contribution is 2.36. The molecule has 1 fully saturated rings. The summed E-state index contributed by atoms with van der Waals surface area (Å²) in [7, 11) is 1.06. The fourth-order valence-corrected chi connectivity index (χ4v) is 3.74. The summed E-state index contributed by atoms with van der Waals surface area (Å²) in [5.74, 6) is -1.01. The highest BCUT2D eigenvalue weighted by atomic mass is 32.1. The maximum Gasteiger partial charge on any atom is 0.417 e. The number of rotatable bonds is 3. The van der Waals surface area contributed by atoms with Gasteiger partial charge in [-0.3, -0.25) is 0 Å². The summed E-state index contributed by atoms with van der Waals surface area (Å²) in [6.07, 6.45) is -1.26. The molecule has 0 aliphatic carbocycles. The minimum Gasteiger partial charge on any atom is -0.465 e. The zero-order valence-corrected chi connectivity index (χ0v) is 14.4. The van der Waals surface area contributed by atoms with Gasteiger partial charge in [-0.1, -0.05) is 6.07 Å². The van der Waals surface area contributed by atoms with Crippen molar-refractivity contribution < 1.29 is 22.7 Å². The zero-order valence-electron chi connectivity index (χ0n) is 13.6. The van der Waals surface area contributed by atoms with Crippen LogP contribution >= 0.6 is 11.3 Å². The number of piperidine rings is 1. The third-order valence-corrected chi connectivity index (χ3v) is 5.05. The van der Waals surface area contributed by atoms with Crippen LogP contribution in [0.25, 0.3) is 11.3 Å². The van der Waals surface area contributed by atoms with Crippen molar-refractivity contribution in [1.82, 2.24) is 4.98 Å². The molecule has 25 heavy (non-hydrogen) atoms. The topological polar surface area (TPSA) is 42.4 Å². The summed E-state index contributed by atoms with van der Waals surface area (Å²) in [6, 6.07) is 3.57. The molecule has 2 aromatic rings. The van der Waals surface area contributed by atoms with Crippen LogP contribution < -0.4 is 4.90 Å². The Balaban J connectivity index is 1.95. The number of halogens is 3. The lowest BCUT2D eigenvalue weighted by Crippen LogP contribution is -2.29. The predicted octanol–water partition coefficient (Wildman–Crippen LogP) is 4.61. The number of esters is 1. The van der Waals surface area contributed by atoms with E-state index in [2.05, 4.69) is 14.6 Å². The molecule has 0 bridgehead atoms. The maximum atomic E-state index is 13.3. The van der Waals surface area contributed by atoms with E-state index in [1.165, 1.54) is 23.8 Å². The molecule has 0 amide bonds. The minimum absolute atomic E-state index is 0.333. The van der Waals surface area contributed by atoms with Crippen molar-refractivity contribution >= 4 is 22.4 Å². The van der Waals surface area contributed by atoms with Crippen LogP contribution in [0.3, 0.4) is 0 Å². The Hall–Kier alpha value is -2.09. The summed E-state index contributed by atoms with van der Waals surface area (Å²) in [5, 5.41) is 2.57. The maximum absolute atomic E-state index is 13.3. The third-order valence-electron chi connectivity index (χ3n) is 4.14. The number of hydrogen-bond donors (Lipinski definition) is 0. The van der Waals surface area contributed by atoms with E-state index in [0.29, 0.717) is 11.3 Å². The van der Waals surface area contributed by atoms with Gasteiger partial charge in [0.25, 0.3) is 0 Å². The van der Waals surface area contributed by atoms with Crippen LogP contribution in [-0.2, 0) is 10.9 Å². The largest absolute Gasteiger partial charge is 0.465 e. The number of aromatic nitrogens is 1. The number of hydrogen-bond acceptors (Lipinski definition) is 5. The predicted molar refractivity (Wildman–Crippen MR) is 90.0 cm³/mol. The quantitative estimate of drug-likeness (QED) is 0.740. The molecule has 1 aromatic heterocycles. The smallest absolute Gasteiger partial charge is 0.417 e. The standard InChI is InChI=1S/C17H17F3N2O2S/c1-24-15(23)12-6-5-11(9-13(12)17(18,19)20)14-10-25-16(21-14)22-7-3-2-4-8-22/h5-6,9-10H,2-4,7-8H2,1H3. The molecule has 1 aliphatic rings. The molecule has 0 radical (unpaired) electrons. The first kappa shape index (κ1) is 17.7. The molecule has 1 aromatic carbocycles. The van der Waals surface area contributed by atoms with Crippen molar-refractivity contribution in [2.24, 2.45) is 0 Å². The Morgan fingerprint density at radius 1 is 1.24 bits per heavy atom. The van der Waals surface area contributed by atoms with Crippen LogP contribution in [0.1, 0.15) is 35.2 Å². The van der Waals surface area contributed by atoms with Crippen molar-refractivity contribution in [2.45, 2.75) is 25.4 Å². The van der Waals surface area contributed by atoms with Crippen LogP contribution in [0.4, 0.5) is 18.3 Å². The Morgan fingerprint density at radius 3 is 2.60 bits per heavy atom. The molecule has 1 saturated heterocycles. The third kappa shape index (κ3) is 3.78. The molecular weight excluding hydrogens is 353 g/mol. The van der Waals surface area contributed by atoms with Gasteiger partial charge in [0, 0.05) is 24.0 Å². The number of nitrogens with zero attached hydrogens (tertiary/aromatic N) is 2. The van der Waals surface area contributed by atoms with Gasteiger partial charge in [-0.2, -0.15) is 13.2 Å². The van der Waals surface area contributed by atoms with Gasteiger partial charge in [0.1, 0.15) is 0 Å². The number of alkyl halides is 3. The van der Waals surface area contributed by atoms with Crippen LogP contribution in [0.5, 0.6) is 0 Å². The van der Waals surface area contributed by atoms with E-state index in [0.717, 1.165) is 50.3 Å². The lowest BCUT2D eigenvalue weighted by Gasteiger charge is -2.25. The Labute approximate surface area is 147 Å². The summed E-state index contributed by atoms with van der Waals surface area (Å²) >= 11 is 1.42. The monoisotopic (exact) mass is 370 g/mol. The Morgan fingerprint density at radius 2 is 1.96 bits per heavy atom. The second-order valence-electron chi connectivity index (χ2n) is 5.81. The average Bonchev–Trinajstić information content (AvgIpc) is 3.10. The van der Waals surface area contributed by atoms with Gasteiger partial charge in [-0.25, -0.2) is 9.78 Å². The van der Waals surface area contributed by atoms with Crippen molar-refractivity contribution in [3.63, 3.8) is 0 Å². The van der Waals surface area contributed by atoms with E-state index in [-0.39, 0.29) is 0 Å². The van der Waals surface area contributed by atoms with Crippen LogP contribution in [0, 0.1) is 0 Å². The highest BCUT2D eigenvalue weighted by Gasteiger charge is 2.36. The SMILES string of the molecule is COC(=O)c1ccc(-c2csc(N3CCCCC3)n2)cc1C(F)(F)F. The van der Waals surface area contributed by atoms with E-state index in [1.54, 1.807) is 5.38 Å². The van der Waals surface area contributed by atoms with Gasteiger partial charge in [-0.15, -0.1) is 11.3 Å². The number of anilines is 1. The number of benzene rings is 1. The number of methoxy groups -OCH3 is 1. The van der Waals surface area contributed by atoms with Crippen molar-refractivity contribution in [1.29, 1.82) is 0 Å². The summed E-state index contributed by atoms with van der Waals surface area (Å²) in [6.45, 7) is 1.84. The van der Waals surface area contributed by atoms with E-state index >= 15 is 0 Å². The van der Waals surface area contributed by atoms with Crippen LogP contribution in [0.15, 0.2) is 23.6 Å². The second kappa shape index (κ2) is 7.03. The molecule has 1 aliphatic heterocycles. The van der Waals surface area contributed by atoms with Gasteiger partial charge in [0.2, 0.25) is 0 Å². The summed E-state index contributed by atoms with van der Waals surface area (Å²) in [5.41, 5.74) is -0.693. The van der Waals surface area contributed by atoms with Crippen LogP contribution in [-0.4, -0.2) is 31.2 Å². The van der Waals surface area contributed by atoms with Crippen molar-refractivity contribution in [2.75, 3.05) is 25.1 Å². The van der Waals surface area contributed by atoms with E-state index in [1.807, 2.05) is 0 Å². The highest BCUT2D eigenvalue weighted by molar-refractivity contribution is 7.14. The fourth-order valence-electron chi connectivity index (χ4n) is 2.85. The summed E-state index contributed by atoms with van der Waals surface area (Å²) in [4.78, 5) is 18.2. The lowest BCUT2D eigenvalue weighted by molar-refractivity contribution is -0.138. The normalized spacial score (nSPS) is 15.3. The molecule has 0 N–H and O–H groups in total. The molecule has 8 heteroatoms. The van der Waals surface area contributed by atoms with Gasteiger partial charge < -0.3 is 9.64 Å². The first-order chi connectivity index (χ1) is 11.9. The average molecular weight is 370 g/mol. The van der Waals surface area contributed by atoms with E-state index in [9.17, 15) is 18.0 Å². The molecule has 0 saturated carbocycles. The molecule has 3 rings (SSSR count). The van der Waals surface area contributed by atoms with Gasteiger partial charge in [-0.05, 0) is 31.4 Å². The minimum atomic E-state index is -4.65. The Kier molecular flexibility index (Phi) is 4.99. The number of thiazole rings is 1. The van der Waals surface area contributed by atoms with Gasteiger partial charge in [0.05, 0.1) is 23.9 Å². The number of carbonyl (C=O) groups excluding carboxylic acids is 1. The van der Waals surface area contributed by atoms with Gasteiger partial charge >= 0.3 is 12.1 Å². The molecule has 0 spiro atoms. The molecule has 0 atom stereocenters. The summed E-state index contributed by atoms with van der Waals surface area (Å²) < 4.78 is 44.4. The lowest BCUT2D eigenvalue weighted by atomic mass is 10.0. The van der Waals surface area contributed by atoms with Crippen LogP contribution in [0.2, 0.25) is 0 Å². The molecule has 0 unspecified atom stereocenters. The second-order valence-corrected chi connectivity index (χ2v) is 6.65. The zero-order chi connectivity index (χ0) is 18.0. The van der Waals surface area contributed by atoms with Crippen molar-refractivity contribution in [3.8, 4) is 11.3 Å². The number of carbonyl (C=O) groups is 1.